The summed E-state index contributed by atoms with van der Waals surface area (Å²) in [5.74, 6) is -0.772. The molecule has 1 rings (SSSR count). The van der Waals surface area contributed by atoms with Gasteiger partial charge in [-0.3, -0.25) is 4.79 Å². The van der Waals surface area contributed by atoms with Crippen LogP contribution >= 0.6 is 0 Å². The molecule has 4 heteroatoms. The minimum atomic E-state index is -0.442. The number of hydrogen-bond acceptors (Lipinski definition) is 3. The summed E-state index contributed by atoms with van der Waals surface area (Å²) in [7, 11) is 0. The zero-order chi connectivity index (χ0) is 17.5. The van der Waals surface area contributed by atoms with E-state index < -0.39 is 5.91 Å². The second-order valence-electron chi connectivity index (χ2n) is 4.71. The second-order valence-corrected chi connectivity index (χ2v) is 4.71. The molecule has 0 saturated carbocycles. The highest BCUT2D eigenvalue weighted by atomic mass is 16.5. The average molecular weight is 315 g/mol. The van der Waals surface area contributed by atoms with Crippen LogP contribution in [0.2, 0.25) is 0 Å². The van der Waals surface area contributed by atoms with E-state index >= 15 is 0 Å². The summed E-state index contributed by atoms with van der Waals surface area (Å²) in [5, 5.41) is 0. The Labute approximate surface area is 138 Å². The Balaban J connectivity index is 0.000000468. The van der Waals surface area contributed by atoms with Gasteiger partial charge in [0.05, 0.1) is 6.61 Å². The fourth-order valence-electron chi connectivity index (χ4n) is 1.38. The van der Waals surface area contributed by atoms with Crippen LogP contribution in [0, 0.1) is 0 Å². The van der Waals surface area contributed by atoms with E-state index in [1.807, 2.05) is 49.4 Å². The predicted octanol–water partition coefficient (Wildman–Crippen LogP) is 3.65. The summed E-state index contributed by atoms with van der Waals surface area (Å²) >= 11 is 0. The van der Waals surface area contributed by atoms with Crippen molar-refractivity contribution >= 4 is 18.0 Å². The molecule has 0 heterocycles. The number of ether oxygens (including phenoxy) is 1. The van der Waals surface area contributed by atoms with Crippen LogP contribution in [0.1, 0.15) is 31.7 Å². The Morgan fingerprint density at radius 3 is 2.43 bits per heavy atom. The largest absolute Gasteiger partial charge is 0.463 e. The van der Waals surface area contributed by atoms with Crippen molar-refractivity contribution in [1.29, 1.82) is 0 Å². The Morgan fingerprint density at radius 2 is 1.91 bits per heavy atom. The summed E-state index contributed by atoms with van der Waals surface area (Å²) in [6.07, 6.45) is 7.47. The van der Waals surface area contributed by atoms with Gasteiger partial charge >= 0.3 is 5.97 Å². The molecule has 0 aliphatic heterocycles. The molecule has 0 unspecified atom stereocenters. The summed E-state index contributed by atoms with van der Waals surface area (Å²) in [6, 6.07) is 9.86. The molecule has 1 amide bonds. The maximum Gasteiger partial charge on any atom is 0.330 e. The first-order valence-electron chi connectivity index (χ1n) is 7.49. The Morgan fingerprint density at radius 1 is 1.26 bits per heavy atom. The number of rotatable bonds is 8. The highest BCUT2D eigenvalue weighted by Crippen LogP contribution is 2.04. The maximum atomic E-state index is 10.6. The van der Waals surface area contributed by atoms with Gasteiger partial charge in [0.1, 0.15) is 0 Å². The molecule has 0 bridgehead atoms. The van der Waals surface area contributed by atoms with Gasteiger partial charge in [-0.1, -0.05) is 69.0 Å². The first-order valence-corrected chi connectivity index (χ1v) is 7.49. The standard InChI is InChI=1S/C12H13NO.C7H12O2/c1-10(12(13)14)6-5-9-11-7-3-2-4-8-11;1-3-5-6-9-7(8)4-2/h2-5,7-9H,1,6H2,(H2,13,14);4H,2-3,5-6H2,1H3. The molecule has 0 aromatic heterocycles. The fourth-order valence-corrected chi connectivity index (χ4v) is 1.38. The summed E-state index contributed by atoms with van der Waals surface area (Å²) in [6.45, 7) is 9.38. The summed E-state index contributed by atoms with van der Waals surface area (Å²) in [5.41, 5.74) is 6.57. The van der Waals surface area contributed by atoms with Crippen molar-refractivity contribution in [3.05, 3.63) is 66.8 Å². The molecule has 0 saturated heterocycles. The van der Waals surface area contributed by atoms with Crippen molar-refractivity contribution in [3.63, 3.8) is 0 Å². The van der Waals surface area contributed by atoms with Crippen molar-refractivity contribution < 1.29 is 14.3 Å². The van der Waals surface area contributed by atoms with Crippen LogP contribution in [0.5, 0.6) is 0 Å². The molecule has 23 heavy (non-hydrogen) atoms. The number of primary amides is 1. The van der Waals surface area contributed by atoms with E-state index in [0.29, 0.717) is 18.6 Å². The third-order valence-electron chi connectivity index (χ3n) is 2.73. The van der Waals surface area contributed by atoms with Gasteiger partial charge in [-0.2, -0.15) is 0 Å². The van der Waals surface area contributed by atoms with Crippen LogP contribution in [0.3, 0.4) is 0 Å². The van der Waals surface area contributed by atoms with Crippen molar-refractivity contribution in [1.82, 2.24) is 0 Å². The van der Waals surface area contributed by atoms with E-state index in [1.54, 1.807) is 0 Å². The normalized spacial score (nSPS) is 9.61. The van der Waals surface area contributed by atoms with Crippen LogP contribution in [0.4, 0.5) is 0 Å². The molecular weight excluding hydrogens is 290 g/mol. The summed E-state index contributed by atoms with van der Waals surface area (Å²) in [4.78, 5) is 21.0. The van der Waals surface area contributed by atoms with E-state index in [-0.39, 0.29) is 5.97 Å². The SMILES string of the molecule is C=C(CC=Cc1ccccc1)C(N)=O.C=CC(=O)OCCCC. The first kappa shape index (κ1) is 20.4. The summed E-state index contributed by atoms with van der Waals surface area (Å²) < 4.78 is 4.67. The number of carbonyl (C=O) groups excluding carboxylic acids is 2. The molecule has 124 valence electrons. The smallest absolute Gasteiger partial charge is 0.330 e. The third-order valence-corrected chi connectivity index (χ3v) is 2.73. The van der Waals surface area contributed by atoms with E-state index in [0.717, 1.165) is 18.4 Å². The minimum absolute atomic E-state index is 0.330. The van der Waals surface area contributed by atoms with Gasteiger partial charge in [0.25, 0.3) is 0 Å². The topological polar surface area (TPSA) is 69.4 Å². The number of unbranched alkanes of at least 4 members (excludes halogenated alkanes) is 1. The molecule has 0 aliphatic carbocycles. The van der Waals surface area contributed by atoms with Gasteiger partial charge in [0.15, 0.2) is 0 Å². The number of benzene rings is 1. The third kappa shape index (κ3) is 11.7. The first-order chi connectivity index (χ1) is 11.0. The van der Waals surface area contributed by atoms with Gasteiger partial charge in [-0.05, 0) is 18.4 Å². The highest BCUT2D eigenvalue weighted by molar-refractivity contribution is 5.91. The van der Waals surface area contributed by atoms with Gasteiger partial charge in [0.2, 0.25) is 5.91 Å². The number of esters is 1. The lowest BCUT2D eigenvalue weighted by molar-refractivity contribution is -0.137. The van der Waals surface area contributed by atoms with Crippen LogP contribution in [0.25, 0.3) is 6.08 Å². The minimum Gasteiger partial charge on any atom is -0.463 e. The monoisotopic (exact) mass is 315 g/mol. The van der Waals surface area contributed by atoms with Crippen molar-refractivity contribution in [2.45, 2.75) is 26.2 Å². The Kier molecular flexibility index (Phi) is 11.6. The van der Waals surface area contributed by atoms with Crippen molar-refractivity contribution in [3.8, 4) is 0 Å². The van der Waals surface area contributed by atoms with E-state index in [2.05, 4.69) is 17.9 Å². The predicted molar refractivity (Wildman–Crippen MR) is 94.5 cm³/mol. The highest BCUT2D eigenvalue weighted by Gasteiger charge is 1.96. The van der Waals surface area contributed by atoms with Crippen LogP contribution in [0.15, 0.2) is 61.2 Å². The zero-order valence-corrected chi connectivity index (χ0v) is 13.7. The lowest BCUT2D eigenvalue weighted by atomic mass is 10.1. The molecule has 0 spiro atoms. The number of allylic oxidation sites excluding steroid dienone is 1. The molecule has 2 N–H and O–H groups in total. The average Bonchev–Trinajstić information content (AvgIpc) is 2.56. The second kappa shape index (κ2) is 13.1. The lowest BCUT2D eigenvalue weighted by Crippen LogP contribution is -2.12. The van der Waals surface area contributed by atoms with Crippen LogP contribution < -0.4 is 5.73 Å². The molecule has 1 aromatic rings. The van der Waals surface area contributed by atoms with E-state index in [1.165, 1.54) is 6.08 Å². The van der Waals surface area contributed by atoms with Gasteiger partial charge in [-0.15, -0.1) is 0 Å². The fraction of sp³-hybridized carbons (Fsp3) is 0.263. The number of nitrogens with two attached hydrogens (primary N) is 1. The molecule has 0 atom stereocenters. The Bertz CT molecular complexity index is 533. The van der Waals surface area contributed by atoms with E-state index in [9.17, 15) is 9.59 Å². The molecule has 1 aromatic carbocycles. The lowest BCUT2D eigenvalue weighted by Gasteiger charge is -1.97. The van der Waals surface area contributed by atoms with Crippen molar-refractivity contribution in [2.75, 3.05) is 6.61 Å². The molecule has 0 aliphatic rings. The van der Waals surface area contributed by atoms with Gasteiger partial charge in [0, 0.05) is 11.6 Å². The quantitative estimate of drug-likeness (QED) is 0.452. The van der Waals surface area contributed by atoms with E-state index in [4.69, 9.17) is 5.73 Å². The van der Waals surface area contributed by atoms with Crippen molar-refractivity contribution in [2.24, 2.45) is 5.73 Å². The van der Waals surface area contributed by atoms with Crippen LogP contribution in [-0.2, 0) is 14.3 Å². The number of hydrogen-bond donors (Lipinski definition) is 1. The van der Waals surface area contributed by atoms with Gasteiger partial charge in [-0.25, -0.2) is 4.79 Å². The number of carbonyl (C=O) groups is 2. The molecule has 0 fully saturated rings. The molecule has 0 radical (unpaired) electrons. The number of amides is 1. The van der Waals surface area contributed by atoms with Crippen LogP contribution in [-0.4, -0.2) is 18.5 Å². The zero-order valence-electron chi connectivity index (χ0n) is 13.7. The maximum absolute atomic E-state index is 10.6. The molecular formula is C19H25NO3. The Hall–Kier alpha value is -2.62. The van der Waals surface area contributed by atoms with Gasteiger partial charge < -0.3 is 10.5 Å². The molecule has 4 nitrogen and oxygen atoms in total.